The molecule has 0 bridgehead atoms. The van der Waals surface area contributed by atoms with Gasteiger partial charge in [-0.15, -0.1) is 0 Å². The van der Waals surface area contributed by atoms with E-state index < -0.39 is 5.41 Å². The van der Waals surface area contributed by atoms with Crippen LogP contribution in [0.3, 0.4) is 0 Å². The Labute approximate surface area is 143 Å². The molecular formula is C21H21NO2. The van der Waals surface area contributed by atoms with E-state index in [4.69, 9.17) is 0 Å². The minimum absolute atomic E-state index is 0.0322. The number of amides is 1. The smallest absolute Gasteiger partial charge is 0.229 e. The SMILES string of the molecule is CC(=O)c1ccc(C#Cc2ccccc2NC(=O)C(C)(C)C)cc1. The molecule has 2 aromatic rings. The van der Waals surface area contributed by atoms with Crippen molar-refractivity contribution in [2.24, 2.45) is 5.41 Å². The van der Waals surface area contributed by atoms with Gasteiger partial charge in [0.1, 0.15) is 0 Å². The molecule has 2 aromatic carbocycles. The molecular weight excluding hydrogens is 298 g/mol. The Morgan fingerprint density at radius 2 is 1.54 bits per heavy atom. The van der Waals surface area contributed by atoms with Crippen molar-refractivity contribution >= 4 is 17.4 Å². The van der Waals surface area contributed by atoms with Gasteiger partial charge >= 0.3 is 0 Å². The molecule has 2 rings (SSSR count). The van der Waals surface area contributed by atoms with E-state index in [0.717, 1.165) is 11.1 Å². The topological polar surface area (TPSA) is 46.2 Å². The lowest BCUT2D eigenvalue weighted by Gasteiger charge is -2.18. The third kappa shape index (κ3) is 4.57. The third-order valence-corrected chi connectivity index (χ3v) is 3.49. The molecule has 0 saturated heterocycles. The standard InChI is InChI=1S/C21H21NO2/c1-15(23)17-12-9-16(10-13-17)11-14-18-7-5-6-8-19(18)22-20(24)21(2,3)4/h5-10,12-13H,1-4H3,(H,22,24). The van der Waals surface area contributed by atoms with Gasteiger partial charge < -0.3 is 5.32 Å². The molecule has 0 saturated carbocycles. The summed E-state index contributed by atoms with van der Waals surface area (Å²) in [6.45, 7) is 7.14. The molecule has 3 heteroatoms. The molecule has 0 fully saturated rings. The lowest BCUT2D eigenvalue weighted by Crippen LogP contribution is -2.27. The maximum atomic E-state index is 12.2. The fourth-order valence-electron chi connectivity index (χ4n) is 1.94. The number of hydrogen-bond donors (Lipinski definition) is 1. The van der Waals surface area contributed by atoms with Crippen molar-refractivity contribution in [2.75, 3.05) is 5.32 Å². The number of benzene rings is 2. The molecule has 0 spiro atoms. The van der Waals surface area contributed by atoms with E-state index in [2.05, 4.69) is 17.2 Å². The molecule has 122 valence electrons. The van der Waals surface area contributed by atoms with Crippen LogP contribution in [-0.2, 0) is 4.79 Å². The predicted octanol–water partition coefficient (Wildman–Crippen LogP) is 4.27. The number of hydrogen-bond acceptors (Lipinski definition) is 2. The van der Waals surface area contributed by atoms with Gasteiger partial charge in [0.2, 0.25) is 5.91 Å². The first-order valence-corrected chi connectivity index (χ1v) is 7.81. The van der Waals surface area contributed by atoms with Crippen molar-refractivity contribution in [3.05, 3.63) is 65.2 Å². The van der Waals surface area contributed by atoms with Crippen LogP contribution in [0.2, 0.25) is 0 Å². The van der Waals surface area contributed by atoms with E-state index in [-0.39, 0.29) is 11.7 Å². The number of nitrogens with one attached hydrogen (secondary N) is 1. The zero-order valence-electron chi connectivity index (χ0n) is 14.4. The first-order chi connectivity index (χ1) is 11.3. The van der Waals surface area contributed by atoms with E-state index in [0.29, 0.717) is 11.3 Å². The molecule has 0 unspecified atom stereocenters. The molecule has 1 amide bonds. The second-order valence-electron chi connectivity index (χ2n) is 6.63. The van der Waals surface area contributed by atoms with Gasteiger partial charge in [-0.05, 0) is 31.2 Å². The molecule has 3 nitrogen and oxygen atoms in total. The van der Waals surface area contributed by atoms with E-state index in [9.17, 15) is 9.59 Å². The summed E-state index contributed by atoms with van der Waals surface area (Å²) in [5.74, 6) is 6.13. The van der Waals surface area contributed by atoms with Gasteiger partial charge in [0.15, 0.2) is 5.78 Å². The highest BCUT2D eigenvalue weighted by atomic mass is 16.2. The van der Waals surface area contributed by atoms with Crippen LogP contribution in [0, 0.1) is 17.3 Å². The summed E-state index contributed by atoms with van der Waals surface area (Å²) < 4.78 is 0. The van der Waals surface area contributed by atoms with Crippen LogP contribution in [0.25, 0.3) is 0 Å². The van der Waals surface area contributed by atoms with Gasteiger partial charge in [0.05, 0.1) is 5.69 Å². The number of rotatable bonds is 2. The Morgan fingerprint density at radius 1 is 0.917 bits per heavy atom. The number of carbonyl (C=O) groups excluding carboxylic acids is 2. The van der Waals surface area contributed by atoms with E-state index in [1.807, 2.05) is 57.2 Å². The second-order valence-corrected chi connectivity index (χ2v) is 6.63. The van der Waals surface area contributed by atoms with Gasteiger partial charge in [-0.3, -0.25) is 9.59 Å². The van der Waals surface area contributed by atoms with Gasteiger partial charge in [-0.1, -0.05) is 56.9 Å². The lowest BCUT2D eigenvalue weighted by molar-refractivity contribution is -0.123. The Kier molecular flexibility index (Phi) is 5.21. The zero-order valence-corrected chi connectivity index (χ0v) is 14.4. The summed E-state index contributed by atoms with van der Waals surface area (Å²) in [7, 11) is 0. The molecule has 0 heterocycles. The van der Waals surface area contributed by atoms with Crippen molar-refractivity contribution in [3.8, 4) is 11.8 Å². The van der Waals surface area contributed by atoms with Crippen molar-refractivity contribution in [1.82, 2.24) is 0 Å². The van der Waals surface area contributed by atoms with Crippen LogP contribution < -0.4 is 5.32 Å². The normalized spacial score (nSPS) is 10.5. The number of Topliss-reactive ketones (excluding diaryl/α,β-unsaturated/α-hetero) is 1. The van der Waals surface area contributed by atoms with Crippen LogP contribution in [0.15, 0.2) is 48.5 Å². The molecule has 0 aromatic heterocycles. The van der Waals surface area contributed by atoms with E-state index in [1.165, 1.54) is 6.92 Å². The first kappa shape index (κ1) is 17.5. The van der Waals surface area contributed by atoms with Gasteiger partial charge in [-0.25, -0.2) is 0 Å². The molecule has 0 atom stereocenters. The highest BCUT2D eigenvalue weighted by molar-refractivity contribution is 5.95. The van der Waals surface area contributed by atoms with Gasteiger partial charge in [0.25, 0.3) is 0 Å². The Morgan fingerprint density at radius 3 is 2.12 bits per heavy atom. The Bertz CT molecular complexity index is 815. The largest absolute Gasteiger partial charge is 0.325 e. The number of para-hydroxylation sites is 1. The maximum Gasteiger partial charge on any atom is 0.229 e. The summed E-state index contributed by atoms with van der Waals surface area (Å²) in [6, 6.07) is 14.6. The highest BCUT2D eigenvalue weighted by Crippen LogP contribution is 2.20. The highest BCUT2D eigenvalue weighted by Gasteiger charge is 2.21. The van der Waals surface area contributed by atoms with E-state index >= 15 is 0 Å². The zero-order chi connectivity index (χ0) is 17.7. The Balaban J connectivity index is 2.25. The average molecular weight is 319 g/mol. The molecule has 24 heavy (non-hydrogen) atoms. The van der Waals surface area contributed by atoms with Crippen LogP contribution in [0.4, 0.5) is 5.69 Å². The van der Waals surface area contributed by atoms with Gasteiger partial charge in [0, 0.05) is 22.1 Å². The quantitative estimate of drug-likeness (QED) is 0.663. The fraction of sp³-hybridized carbons (Fsp3) is 0.238. The summed E-state index contributed by atoms with van der Waals surface area (Å²) in [5, 5.41) is 2.92. The summed E-state index contributed by atoms with van der Waals surface area (Å²) in [4.78, 5) is 23.5. The van der Waals surface area contributed by atoms with Crippen LogP contribution in [0.5, 0.6) is 0 Å². The van der Waals surface area contributed by atoms with Crippen LogP contribution >= 0.6 is 0 Å². The summed E-state index contributed by atoms with van der Waals surface area (Å²) >= 11 is 0. The average Bonchev–Trinajstić information content (AvgIpc) is 2.53. The van der Waals surface area contributed by atoms with Crippen molar-refractivity contribution in [2.45, 2.75) is 27.7 Å². The molecule has 1 N–H and O–H groups in total. The van der Waals surface area contributed by atoms with E-state index in [1.54, 1.807) is 12.1 Å². The number of carbonyl (C=O) groups is 2. The summed E-state index contributed by atoms with van der Waals surface area (Å²) in [5.41, 5.74) is 2.47. The monoisotopic (exact) mass is 319 g/mol. The summed E-state index contributed by atoms with van der Waals surface area (Å²) in [6.07, 6.45) is 0. The van der Waals surface area contributed by atoms with Crippen molar-refractivity contribution in [3.63, 3.8) is 0 Å². The molecule has 0 aliphatic carbocycles. The van der Waals surface area contributed by atoms with Crippen LogP contribution in [0.1, 0.15) is 49.2 Å². The second kappa shape index (κ2) is 7.14. The number of anilines is 1. The predicted molar refractivity (Wildman–Crippen MR) is 97.0 cm³/mol. The fourth-order valence-corrected chi connectivity index (χ4v) is 1.94. The first-order valence-electron chi connectivity index (χ1n) is 7.81. The van der Waals surface area contributed by atoms with Crippen LogP contribution in [-0.4, -0.2) is 11.7 Å². The molecule has 0 radical (unpaired) electrons. The molecule has 0 aliphatic rings. The molecule has 0 aliphatic heterocycles. The van der Waals surface area contributed by atoms with Crippen molar-refractivity contribution < 1.29 is 9.59 Å². The number of ketones is 1. The Hall–Kier alpha value is -2.86. The lowest BCUT2D eigenvalue weighted by atomic mass is 9.95. The maximum absolute atomic E-state index is 12.2. The van der Waals surface area contributed by atoms with Crippen molar-refractivity contribution in [1.29, 1.82) is 0 Å². The third-order valence-electron chi connectivity index (χ3n) is 3.49. The minimum Gasteiger partial charge on any atom is -0.325 e. The minimum atomic E-state index is -0.469. The van der Waals surface area contributed by atoms with Gasteiger partial charge in [-0.2, -0.15) is 0 Å².